The standard InChI is InChI=1S/C23H32N2O5/c1-13(10-19(27)25-9-7-17(26)12-25)11-24-22(29)23(5)8-6-18-16(4)20(28)14(2)15(3)21(18)30-23/h13,28H,6-12H2,1-5H3,(H,24,29). The number of phenolic OH excluding ortho intramolecular Hbond substituents is 1. The maximum absolute atomic E-state index is 12.9. The van der Waals surface area contributed by atoms with Gasteiger partial charge in [-0.3, -0.25) is 14.4 Å². The molecule has 0 radical (unpaired) electrons. The number of hydrogen-bond acceptors (Lipinski definition) is 5. The Balaban J connectivity index is 1.61. The molecule has 7 heteroatoms. The Hall–Kier alpha value is -2.57. The summed E-state index contributed by atoms with van der Waals surface area (Å²) in [5.41, 5.74) is 2.39. The van der Waals surface area contributed by atoms with Crippen LogP contribution in [0, 0.1) is 26.7 Å². The molecule has 0 spiro atoms. The number of nitrogens with zero attached hydrogens (tertiary/aromatic N) is 1. The highest BCUT2D eigenvalue weighted by molar-refractivity contribution is 5.89. The number of likely N-dealkylation sites (tertiary alicyclic amines) is 1. The summed E-state index contributed by atoms with van der Waals surface area (Å²) in [5.74, 6) is 0.792. The molecule has 30 heavy (non-hydrogen) atoms. The van der Waals surface area contributed by atoms with Crippen molar-refractivity contribution >= 4 is 17.6 Å². The predicted molar refractivity (Wildman–Crippen MR) is 113 cm³/mol. The second-order valence-electron chi connectivity index (χ2n) is 8.99. The van der Waals surface area contributed by atoms with Crippen molar-refractivity contribution in [2.75, 3.05) is 19.6 Å². The van der Waals surface area contributed by atoms with Gasteiger partial charge in [-0.1, -0.05) is 6.92 Å². The van der Waals surface area contributed by atoms with E-state index in [-0.39, 0.29) is 30.1 Å². The number of nitrogens with one attached hydrogen (secondary N) is 1. The maximum atomic E-state index is 12.9. The number of ether oxygens (including phenoxy) is 1. The zero-order chi connectivity index (χ0) is 22.2. The Kier molecular flexibility index (Phi) is 6.11. The Bertz CT molecular complexity index is 894. The Morgan fingerprint density at radius 2 is 1.90 bits per heavy atom. The summed E-state index contributed by atoms with van der Waals surface area (Å²) in [6.45, 7) is 10.4. The summed E-state index contributed by atoms with van der Waals surface area (Å²) >= 11 is 0. The lowest BCUT2D eigenvalue weighted by Gasteiger charge is -2.36. The van der Waals surface area contributed by atoms with E-state index >= 15 is 0 Å². The molecule has 7 nitrogen and oxygen atoms in total. The largest absolute Gasteiger partial charge is 0.507 e. The third kappa shape index (κ3) is 4.16. The molecule has 164 valence electrons. The van der Waals surface area contributed by atoms with E-state index < -0.39 is 5.60 Å². The molecule has 2 amide bonds. The number of fused-ring (bicyclic) bond motifs is 1. The summed E-state index contributed by atoms with van der Waals surface area (Å²) in [4.78, 5) is 38.2. The fraction of sp³-hybridized carbons (Fsp3) is 0.609. The minimum Gasteiger partial charge on any atom is -0.507 e. The molecule has 2 atom stereocenters. The molecule has 1 fully saturated rings. The Morgan fingerprint density at radius 3 is 2.53 bits per heavy atom. The lowest BCUT2D eigenvalue weighted by molar-refractivity contribution is -0.137. The van der Waals surface area contributed by atoms with Crippen molar-refractivity contribution in [1.82, 2.24) is 10.2 Å². The zero-order valence-electron chi connectivity index (χ0n) is 18.6. The van der Waals surface area contributed by atoms with Crippen LogP contribution in [0.25, 0.3) is 0 Å². The quantitative estimate of drug-likeness (QED) is 0.768. The average Bonchev–Trinajstić information content (AvgIpc) is 3.15. The molecule has 0 aromatic heterocycles. The van der Waals surface area contributed by atoms with E-state index in [0.717, 1.165) is 22.3 Å². The van der Waals surface area contributed by atoms with Crippen LogP contribution >= 0.6 is 0 Å². The number of Topliss-reactive ketones (excluding diaryl/α,β-unsaturated/α-hetero) is 1. The maximum Gasteiger partial charge on any atom is 0.263 e. The van der Waals surface area contributed by atoms with Gasteiger partial charge in [-0.2, -0.15) is 0 Å². The molecule has 1 saturated heterocycles. The van der Waals surface area contributed by atoms with E-state index in [4.69, 9.17) is 4.74 Å². The number of hydrogen-bond donors (Lipinski definition) is 2. The monoisotopic (exact) mass is 416 g/mol. The summed E-state index contributed by atoms with van der Waals surface area (Å²) in [6, 6.07) is 0. The topological polar surface area (TPSA) is 95.9 Å². The lowest BCUT2D eigenvalue weighted by atomic mass is 9.86. The van der Waals surface area contributed by atoms with Gasteiger partial charge in [-0.05, 0) is 56.7 Å². The first-order valence-electron chi connectivity index (χ1n) is 10.6. The van der Waals surface area contributed by atoms with Crippen LogP contribution in [0.5, 0.6) is 11.5 Å². The SMILES string of the molecule is Cc1c(C)c2c(c(C)c1O)CCC(C)(C(=O)NCC(C)CC(=O)N1CCC(=O)C1)O2. The van der Waals surface area contributed by atoms with Crippen LogP contribution < -0.4 is 10.1 Å². The first-order chi connectivity index (χ1) is 14.0. The number of amides is 2. The van der Waals surface area contributed by atoms with E-state index in [2.05, 4.69) is 5.32 Å². The summed E-state index contributed by atoms with van der Waals surface area (Å²) < 4.78 is 6.20. The number of aromatic hydroxyl groups is 1. The molecule has 0 aliphatic carbocycles. The second kappa shape index (κ2) is 8.28. The van der Waals surface area contributed by atoms with Crippen LogP contribution in [0.15, 0.2) is 0 Å². The van der Waals surface area contributed by atoms with E-state index in [1.165, 1.54) is 0 Å². The van der Waals surface area contributed by atoms with Crippen molar-refractivity contribution in [3.8, 4) is 11.5 Å². The van der Waals surface area contributed by atoms with Crippen LogP contribution in [0.4, 0.5) is 0 Å². The third-order valence-corrected chi connectivity index (χ3v) is 6.51. The summed E-state index contributed by atoms with van der Waals surface area (Å²) in [7, 11) is 0. The number of phenols is 1. The van der Waals surface area contributed by atoms with Crippen molar-refractivity contribution < 1.29 is 24.2 Å². The van der Waals surface area contributed by atoms with Crippen LogP contribution in [-0.2, 0) is 20.8 Å². The van der Waals surface area contributed by atoms with Gasteiger partial charge in [0.25, 0.3) is 5.91 Å². The van der Waals surface area contributed by atoms with Gasteiger partial charge in [-0.25, -0.2) is 0 Å². The molecular formula is C23H32N2O5. The molecule has 2 heterocycles. The molecule has 2 aliphatic rings. The van der Waals surface area contributed by atoms with Gasteiger partial charge in [0, 0.05) is 37.9 Å². The minimum atomic E-state index is -1.00. The molecule has 2 aliphatic heterocycles. The van der Waals surface area contributed by atoms with Crippen LogP contribution in [0.1, 0.15) is 55.4 Å². The van der Waals surface area contributed by atoms with Crippen LogP contribution in [-0.4, -0.2) is 52.8 Å². The number of ketones is 1. The average molecular weight is 417 g/mol. The van der Waals surface area contributed by atoms with Gasteiger partial charge in [0.1, 0.15) is 11.5 Å². The van der Waals surface area contributed by atoms with Crippen LogP contribution in [0.3, 0.4) is 0 Å². The second-order valence-corrected chi connectivity index (χ2v) is 8.99. The third-order valence-electron chi connectivity index (χ3n) is 6.51. The highest BCUT2D eigenvalue weighted by Crippen LogP contribution is 2.43. The summed E-state index contributed by atoms with van der Waals surface area (Å²) in [6.07, 6.45) is 1.89. The number of carbonyl (C=O) groups excluding carboxylic acids is 3. The van der Waals surface area contributed by atoms with Crippen molar-refractivity contribution in [2.45, 2.75) is 65.9 Å². The van der Waals surface area contributed by atoms with Gasteiger partial charge >= 0.3 is 0 Å². The fourth-order valence-electron chi connectivity index (χ4n) is 4.20. The van der Waals surface area contributed by atoms with Gasteiger partial charge in [0.2, 0.25) is 5.91 Å². The minimum absolute atomic E-state index is 0.0419. The van der Waals surface area contributed by atoms with Crippen molar-refractivity contribution in [1.29, 1.82) is 0 Å². The number of rotatable bonds is 5. The molecule has 2 N–H and O–H groups in total. The molecule has 2 unspecified atom stereocenters. The molecule has 0 bridgehead atoms. The first-order valence-corrected chi connectivity index (χ1v) is 10.6. The molecule has 1 aromatic carbocycles. The van der Waals surface area contributed by atoms with Gasteiger partial charge < -0.3 is 20.1 Å². The zero-order valence-corrected chi connectivity index (χ0v) is 18.6. The van der Waals surface area contributed by atoms with Gasteiger partial charge in [0.05, 0.1) is 6.54 Å². The van der Waals surface area contributed by atoms with E-state index in [1.54, 1.807) is 11.8 Å². The van der Waals surface area contributed by atoms with E-state index in [9.17, 15) is 19.5 Å². The number of carbonyl (C=O) groups is 3. The molecular weight excluding hydrogens is 384 g/mol. The van der Waals surface area contributed by atoms with E-state index in [0.29, 0.717) is 50.3 Å². The first kappa shape index (κ1) is 22.1. The molecule has 0 saturated carbocycles. The number of benzene rings is 1. The Morgan fingerprint density at radius 1 is 1.20 bits per heavy atom. The highest BCUT2D eigenvalue weighted by Gasteiger charge is 2.40. The lowest BCUT2D eigenvalue weighted by Crippen LogP contribution is -2.52. The summed E-state index contributed by atoms with van der Waals surface area (Å²) in [5, 5.41) is 13.2. The van der Waals surface area contributed by atoms with Crippen molar-refractivity contribution in [3.63, 3.8) is 0 Å². The molecule has 1 aromatic rings. The van der Waals surface area contributed by atoms with Crippen LogP contribution in [0.2, 0.25) is 0 Å². The van der Waals surface area contributed by atoms with Gasteiger partial charge in [-0.15, -0.1) is 0 Å². The normalized spacial score (nSPS) is 21.8. The van der Waals surface area contributed by atoms with E-state index in [1.807, 2.05) is 27.7 Å². The predicted octanol–water partition coefficient (Wildman–Crippen LogP) is 2.34. The molecule has 3 rings (SSSR count). The van der Waals surface area contributed by atoms with Gasteiger partial charge in [0.15, 0.2) is 11.4 Å². The van der Waals surface area contributed by atoms with Crippen molar-refractivity contribution in [2.24, 2.45) is 5.92 Å². The fourth-order valence-corrected chi connectivity index (χ4v) is 4.20. The smallest absolute Gasteiger partial charge is 0.263 e. The highest BCUT2D eigenvalue weighted by atomic mass is 16.5. The Labute approximate surface area is 177 Å². The van der Waals surface area contributed by atoms with Crippen molar-refractivity contribution in [3.05, 3.63) is 22.3 Å².